The average Bonchev–Trinajstić information content (AvgIpc) is 2.91. The molecule has 0 aliphatic heterocycles. The smallest absolute Gasteiger partial charge is 0.271 e. The van der Waals surface area contributed by atoms with E-state index in [1.807, 2.05) is 0 Å². The summed E-state index contributed by atoms with van der Waals surface area (Å²) >= 11 is 3.37. The van der Waals surface area contributed by atoms with E-state index >= 15 is 0 Å². The highest BCUT2D eigenvalue weighted by Gasteiger charge is 2.33. The molecule has 0 aliphatic carbocycles. The monoisotopic (exact) mass is 602 g/mol. The lowest BCUT2D eigenvalue weighted by Gasteiger charge is -2.32. The normalized spacial score (nSPS) is 11.9. The molecule has 200 valence electrons. The third kappa shape index (κ3) is 6.95. The summed E-state index contributed by atoms with van der Waals surface area (Å²) in [6, 6.07) is 18.8. The minimum absolute atomic E-state index is 0.0403. The largest absolute Gasteiger partial charge is 0.355 e. The zero-order valence-electron chi connectivity index (χ0n) is 20.8. The van der Waals surface area contributed by atoms with Gasteiger partial charge in [0.1, 0.15) is 12.6 Å². The van der Waals surface area contributed by atoms with Crippen molar-refractivity contribution in [3.63, 3.8) is 0 Å². The lowest BCUT2D eigenvalue weighted by molar-refractivity contribution is -0.384. The highest BCUT2D eigenvalue weighted by Crippen LogP contribution is 2.27. The second-order valence-corrected chi connectivity index (χ2v) is 11.1. The molecule has 1 N–H and O–H groups in total. The molecule has 0 spiro atoms. The van der Waals surface area contributed by atoms with Crippen molar-refractivity contribution >= 4 is 49.1 Å². The van der Waals surface area contributed by atoms with E-state index in [1.54, 1.807) is 44.2 Å². The molecule has 0 fully saturated rings. The highest BCUT2D eigenvalue weighted by atomic mass is 79.9. The van der Waals surface area contributed by atoms with Gasteiger partial charge in [0.05, 0.1) is 15.5 Å². The van der Waals surface area contributed by atoms with Crippen LogP contribution in [0.3, 0.4) is 0 Å². The average molecular weight is 603 g/mol. The van der Waals surface area contributed by atoms with E-state index in [2.05, 4.69) is 21.2 Å². The Morgan fingerprint density at radius 3 is 2.29 bits per heavy atom. The predicted molar refractivity (Wildman–Crippen MR) is 147 cm³/mol. The third-order valence-electron chi connectivity index (χ3n) is 5.72. The van der Waals surface area contributed by atoms with Crippen LogP contribution in [0.2, 0.25) is 0 Å². The van der Waals surface area contributed by atoms with Crippen LogP contribution in [0, 0.1) is 10.1 Å². The number of benzene rings is 3. The number of likely N-dealkylation sites (N-methyl/N-ethyl adjacent to an activating group) is 1. The van der Waals surface area contributed by atoms with Crippen molar-refractivity contribution in [2.45, 2.75) is 31.3 Å². The van der Waals surface area contributed by atoms with Gasteiger partial charge in [-0.05, 0) is 49.7 Å². The zero-order valence-corrected chi connectivity index (χ0v) is 23.2. The fraction of sp³-hybridized carbons (Fsp3) is 0.231. The van der Waals surface area contributed by atoms with Crippen LogP contribution < -0.4 is 9.62 Å². The van der Waals surface area contributed by atoms with Crippen molar-refractivity contribution < 1.29 is 22.9 Å². The van der Waals surface area contributed by atoms with Gasteiger partial charge in [0.2, 0.25) is 11.8 Å². The number of carbonyl (C=O) groups is 2. The summed E-state index contributed by atoms with van der Waals surface area (Å²) in [5, 5.41) is 14.1. The van der Waals surface area contributed by atoms with Gasteiger partial charge in [-0.2, -0.15) is 0 Å². The van der Waals surface area contributed by atoms with Crippen LogP contribution in [0.15, 0.2) is 88.2 Å². The fourth-order valence-corrected chi connectivity index (χ4v) is 5.39. The van der Waals surface area contributed by atoms with Crippen molar-refractivity contribution in [2.24, 2.45) is 0 Å². The van der Waals surface area contributed by atoms with Gasteiger partial charge in [-0.1, -0.05) is 52.3 Å². The van der Waals surface area contributed by atoms with Gasteiger partial charge in [-0.3, -0.25) is 24.0 Å². The maximum atomic E-state index is 13.7. The SMILES string of the molecule is CCNC(=O)[C@@H](C)N(Cc1ccc(Br)cc1)C(=O)CN(c1cccc([N+](=O)[O-])c1)S(=O)(=O)c1ccccc1. The van der Waals surface area contributed by atoms with E-state index in [-0.39, 0.29) is 22.8 Å². The van der Waals surface area contributed by atoms with Crippen molar-refractivity contribution in [1.82, 2.24) is 10.2 Å². The van der Waals surface area contributed by atoms with E-state index in [0.29, 0.717) is 6.54 Å². The summed E-state index contributed by atoms with van der Waals surface area (Å²) < 4.78 is 29.0. The molecule has 0 saturated carbocycles. The summed E-state index contributed by atoms with van der Waals surface area (Å²) in [6.45, 7) is 3.02. The highest BCUT2D eigenvalue weighted by molar-refractivity contribution is 9.10. The number of hydrogen-bond acceptors (Lipinski definition) is 6. The predicted octanol–water partition coefficient (Wildman–Crippen LogP) is 4.11. The standard InChI is InChI=1S/C26H27BrN4O6S/c1-3-28-26(33)19(2)29(17-20-12-14-21(27)15-13-20)25(32)18-30(22-8-7-9-23(16-22)31(34)35)38(36,37)24-10-5-4-6-11-24/h4-16,19H,3,17-18H2,1-2H3,(H,28,33)/t19-/m1/s1. The summed E-state index contributed by atoms with van der Waals surface area (Å²) in [5.74, 6) is -1.05. The van der Waals surface area contributed by atoms with E-state index < -0.39 is 39.3 Å². The van der Waals surface area contributed by atoms with E-state index in [0.717, 1.165) is 20.4 Å². The van der Waals surface area contributed by atoms with E-state index in [4.69, 9.17) is 0 Å². The quantitative estimate of drug-likeness (QED) is 0.260. The molecule has 1 atom stereocenters. The molecule has 0 unspecified atom stereocenters. The first-order chi connectivity index (χ1) is 18.0. The maximum Gasteiger partial charge on any atom is 0.271 e. The molecule has 0 aromatic heterocycles. The molecule has 10 nitrogen and oxygen atoms in total. The first kappa shape index (κ1) is 28.8. The van der Waals surface area contributed by atoms with Crippen LogP contribution in [0.1, 0.15) is 19.4 Å². The lowest BCUT2D eigenvalue weighted by Crippen LogP contribution is -2.51. The summed E-state index contributed by atoms with van der Waals surface area (Å²) in [7, 11) is -4.30. The second kappa shape index (κ2) is 12.7. The molecule has 0 heterocycles. The number of non-ortho nitro benzene ring substituents is 1. The van der Waals surface area contributed by atoms with Gasteiger partial charge in [0, 0.05) is 29.7 Å². The maximum absolute atomic E-state index is 13.7. The number of sulfonamides is 1. The topological polar surface area (TPSA) is 130 Å². The Hall–Kier alpha value is -3.77. The van der Waals surface area contributed by atoms with Crippen LogP contribution in [-0.4, -0.2) is 49.2 Å². The van der Waals surface area contributed by atoms with Crippen LogP contribution in [0.25, 0.3) is 0 Å². The number of nitro benzene ring substituents is 1. The van der Waals surface area contributed by atoms with Crippen LogP contribution in [-0.2, 0) is 26.2 Å². The van der Waals surface area contributed by atoms with Crippen LogP contribution >= 0.6 is 15.9 Å². The number of halogens is 1. The van der Waals surface area contributed by atoms with E-state index in [9.17, 15) is 28.1 Å². The first-order valence-electron chi connectivity index (χ1n) is 11.7. The van der Waals surface area contributed by atoms with Gasteiger partial charge in [-0.15, -0.1) is 0 Å². The van der Waals surface area contributed by atoms with Crippen molar-refractivity contribution in [3.8, 4) is 0 Å². The van der Waals surface area contributed by atoms with Crippen molar-refractivity contribution in [1.29, 1.82) is 0 Å². The molecule has 0 aliphatic rings. The number of nitrogens with zero attached hydrogens (tertiary/aromatic N) is 3. The molecule has 3 rings (SSSR count). The number of nitro groups is 1. The Morgan fingerprint density at radius 2 is 1.68 bits per heavy atom. The Labute approximate surface area is 229 Å². The van der Waals surface area contributed by atoms with Gasteiger partial charge in [0.25, 0.3) is 15.7 Å². The molecule has 0 bridgehead atoms. The number of rotatable bonds is 11. The van der Waals surface area contributed by atoms with Crippen LogP contribution in [0.5, 0.6) is 0 Å². The minimum Gasteiger partial charge on any atom is -0.355 e. The summed E-state index contributed by atoms with van der Waals surface area (Å²) in [4.78, 5) is 38.4. The third-order valence-corrected chi connectivity index (χ3v) is 8.04. The Bertz CT molecular complexity index is 1400. The number of anilines is 1. The second-order valence-electron chi connectivity index (χ2n) is 8.32. The number of hydrogen-bond donors (Lipinski definition) is 1. The molecular weight excluding hydrogens is 576 g/mol. The molecular formula is C26H27BrN4O6S. The van der Waals surface area contributed by atoms with Gasteiger partial charge < -0.3 is 10.2 Å². The summed E-state index contributed by atoms with van der Waals surface area (Å²) in [6.07, 6.45) is 0. The first-order valence-corrected chi connectivity index (χ1v) is 13.9. The molecule has 3 aromatic rings. The Kier molecular flexibility index (Phi) is 9.59. The molecule has 3 aromatic carbocycles. The Balaban J connectivity index is 2.05. The fourth-order valence-electron chi connectivity index (χ4n) is 3.70. The number of carbonyl (C=O) groups excluding carboxylic acids is 2. The Morgan fingerprint density at radius 1 is 1.03 bits per heavy atom. The van der Waals surface area contributed by atoms with Gasteiger partial charge >= 0.3 is 0 Å². The van der Waals surface area contributed by atoms with Gasteiger partial charge in [0.15, 0.2) is 0 Å². The number of amides is 2. The minimum atomic E-state index is -4.30. The van der Waals surface area contributed by atoms with E-state index in [1.165, 1.54) is 47.4 Å². The summed E-state index contributed by atoms with van der Waals surface area (Å²) in [5.41, 5.74) is 0.349. The molecule has 12 heteroatoms. The lowest BCUT2D eigenvalue weighted by atomic mass is 10.1. The van der Waals surface area contributed by atoms with Gasteiger partial charge in [-0.25, -0.2) is 8.42 Å². The van der Waals surface area contributed by atoms with Crippen LogP contribution in [0.4, 0.5) is 11.4 Å². The number of nitrogens with one attached hydrogen (secondary N) is 1. The van der Waals surface area contributed by atoms with Crippen molar-refractivity contribution in [3.05, 3.63) is 99.0 Å². The molecule has 2 amide bonds. The molecule has 0 saturated heterocycles. The molecule has 0 radical (unpaired) electrons. The zero-order chi connectivity index (χ0) is 27.9. The van der Waals surface area contributed by atoms with Crippen molar-refractivity contribution in [2.75, 3.05) is 17.4 Å². The molecule has 38 heavy (non-hydrogen) atoms.